The van der Waals surface area contributed by atoms with Crippen molar-refractivity contribution in [3.63, 3.8) is 0 Å². The van der Waals surface area contributed by atoms with Crippen LogP contribution in [0, 0.1) is 0 Å². The number of aromatic nitrogens is 3. The average Bonchev–Trinajstić information content (AvgIpc) is 2.01. The van der Waals surface area contributed by atoms with Crippen LogP contribution in [0.2, 0.25) is 0 Å². The van der Waals surface area contributed by atoms with Gasteiger partial charge in [0, 0.05) is 6.42 Å². The van der Waals surface area contributed by atoms with Crippen LogP contribution in [0.5, 0.6) is 0 Å². The molecule has 0 saturated carbocycles. The third kappa shape index (κ3) is 2.68. The molecule has 0 aliphatic rings. The highest BCUT2D eigenvalue weighted by Crippen LogP contribution is 2.10. The van der Waals surface area contributed by atoms with Crippen molar-refractivity contribution in [1.29, 1.82) is 0 Å². The van der Waals surface area contributed by atoms with Crippen LogP contribution >= 0.6 is 0 Å². The third-order valence-corrected chi connectivity index (χ3v) is 1.48. The molecular formula is C6H12N6O2. The zero-order valence-electron chi connectivity index (χ0n) is 7.60. The quantitative estimate of drug-likeness (QED) is 0.371. The number of aliphatic hydroxyl groups is 2. The molecule has 78 valence electrons. The van der Waals surface area contributed by atoms with Crippen molar-refractivity contribution < 1.29 is 10.2 Å². The van der Waals surface area contributed by atoms with E-state index in [2.05, 4.69) is 20.3 Å². The number of anilines is 3. The predicted molar refractivity (Wildman–Crippen MR) is 49.7 cm³/mol. The lowest BCUT2D eigenvalue weighted by Gasteiger charge is -2.20. The second kappa shape index (κ2) is 3.60. The van der Waals surface area contributed by atoms with Gasteiger partial charge in [-0.05, 0) is 0 Å². The molecule has 0 fully saturated rings. The van der Waals surface area contributed by atoms with Crippen LogP contribution in [0.15, 0.2) is 0 Å². The Kier molecular flexibility index (Phi) is 2.68. The molecule has 14 heavy (non-hydrogen) atoms. The molecule has 0 aliphatic heterocycles. The van der Waals surface area contributed by atoms with E-state index in [4.69, 9.17) is 11.5 Å². The molecule has 0 atom stereocenters. The van der Waals surface area contributed by atoms with E-state index in [1.165, 1.54) is 0 Å². The number of nitrogens with two attached hydrogens (primary N) is 2. The highest BCUT2D eigenvalue weighted by atomic mass is 16.5. The molecule has 1 aromatic rings. The van der Waals surface area contributed by atoms with Crippen molar-refractivity contribution in [3.8, 4) is 0 Å². The summed E-state index contributed by atoms with van der Waals surface area (Å²) >= 11 is 0. The fraction of sp³-hybridized carbons (Fsp3) is 0.500. The summed E-state index contributed by atoms with van der Waals surface area (Å²) in [4.78, 5) is 10.7. The van der Waals surface area contributed by atoms with E-state index in [-0.39, 0.29) is 24.3 Å². The summed E-state index contributed by atoms with van der Waals surface area (Å²) in [6, 6.07) is 0. The van der Waals surface area contributed by atoms with E-state index < -0.39 is 5.91 Å². The second-order valence-electron chi connectivity index (χ2n) is 2.67. The van der Waals surface area contributed by atoms with Gasteiger partial charge in [0.25, 0.3) is 0 Å². The molecule has 0 aromatic carbocycles. The summed E-state index contributed by atoms with van der Waals surface area (Å²) in [5, 5.41) is 20.7. The van der Waals surface area contributed by atoms with E-state index in [1.54, 1.807) is 6.92 Å². The first-order chi connectivity index (χ1) is 6.43. The summed E-state index contributed by atoms with van der Waals surface area (Å²) < 4.78 is 0. The van der Waals surface area contributed by atoms with Crippen molar-refractivity contribution in [1.82, 2.24) is 15.0 Å². The van der Waals surface area contributed by atoms with Gasteiger partial charge >= 0.3 is 0 Å². The van der Waals surface area contributed by atoms with E-state index in [9.17, 15) is 10.2 Å². The Morgan fingerprint density at radius 2 is 1.71 bits per heavy atom. The molecule has 0 spiro atoms. The largest absolute Gasteiger partial charge is 0.368 e. The SMILES string of the molecule is CCC(O)(O)Nc1nc(N)nc(N)n1. The van der Waals surface area contributed by atoms with E-state index in [0.717, 1.165) is 0 Å². The van der Waals surface area contributed by atoms with E-state index >= 15 is 0 Å². The van der Waals surface area contributed by atoms with E-state index in [1.807, 2.05) is 0 Å². The molecule has 1 aromatic heterocycles. The van der Waals surface area contributed by atoms with Crippen molar-refractivity contribution in [3.05, 3.63) is 0 Å². The summed E-state index contributed by atoms with van der Waals surface area (Å²) in [5.74, 6) is -2.35. The Labute approximate surface area is 80.0 Å². The molecule has 8 nitrogen and oxygen atoms in total. The number of hydrogen-bond acceptors (Lipinski definition) is 8. The van der Waals surface area contributed by atoms with Gasteiger partial charge in [-0.15, -0.1) is 0 Å². The van der Waals surface area contributed by atoms with Crippen molar-refractivity contribution in [2.24, 2.45) is 0 Å². The minimum atomic E-state index is -2.08. The van der Waals surface area contributed by atoms with Gasteiger partial charge in [0.15, 0.2) is 0 Å². The molecule has 0 aliphatic carbocycles. The zero-order valence-corrected chi connectivity index (χ0v) is 7.60. The lowest BCUT2D eigenvalue weighted by molar-refractivity contribution is -0.137. The van der Waals surface area contributed by atoms with Gasteiger partial charge < -0.3 is 27.0 Å². The average molecular weight is 200 g/mol. The first-order valence-corrected chi connectivity index (χ1v) is 3.93. The maximum Gasteiger partial charge on any atom is 0.246 e. The Morgan fingerprint density at radius 1 is 1.21 bits per heavy atom. The van der Waals surface area contributed by atoms with Crippen LogP contribution in [-0.4, -0.2) is 31.1 Å². The lowest BCUT2D eigenvalue weighted by atomic mass is 10.4. The maximum absolute atomic E-state index is 9.22. The zero-order chi connectivity index (χ0) is 10.8. The highest BCUT2D eigenvalue weighted by Gasteiger charge is 2.21. The van der Waals surface area contributed by atoms with Crippen LogP contribution in [-0.2, 0) is 0 Å². The van der Waals surface area contributed by atoms with Gasteiger partial charge in [-0.25, -0.2) is 0 Å². The van der Waals surface area contributed by atoms with Crippen LogP contribution in [0.3, 0.4) is 0 Å². The second-order valence-corrected chi connectivity index (χ2v) is 2.67. The number of hydrogen-bond donors (Lipinski definition) is 5. The number of rotatable bonds is 3. The van der Waals surface area contributed by atoms with Gasteiger partial charge in [0.2, 0.25) is 23.8 Å². The molecule has 1 heterocycles. The van der Waals surface area contributed by atoms with E-state index in [0.29, 0.717) is 0 Å². The summed E-state index contributed by atoms with van der Waals surface area (Å²) in [5.41, 5.74) is 10.5. The van der Waals surface area contributed by atoms with Crippen molar-refractivity contribution in [2.75, 3.05) is 16.8 Å². The lowest BCUT2D eigenvalue weighted by Crippen LogP contribution is -2.37. The summed E-state index contributed by atoms with van der Waals surface area (Å²) in [7, 11) is 0. The smallest absolute Gasteiger partial charge is 0.246 e. The molecule has 1 rings (SSSR count). The Morgan fingerprint density at radius 3 is 2.14 bits per heavy atom. The van der Waals surface area contributed by atoms with Gasteiger partial charge in [0.1, 0.15) is 0 Å². The molecule has 0 unspecified atom stereocenters. The Balaban J connectivity index is 2.87. The number of nitrogens with one attached hydrogen (secondary N) is 1. The summed E-state index contributed by atoms with van der Waals surface area (Å²) in [6.07, 6.45) is 0.0541. The molecular weight excluding hydrogens is 188 g/mol. The van der Waals surface area contributed by atoms with Crippen LogP contribution in [0.25, 0.3) is 0 Å². The number of nitrogen functional groups attached to an aromatic ring is 2. The Bertz CT molecular complexity index is 308. The maximum atomic E-state index is 9.22. The topological polar surface area (TPSA) is 143 Å². The standard InChI is InChI=1S/C6H12N6O2/c1-2-6(13,14)12-5-10-3(7)9-4(8)11-5/h13-14H,2H2,1H3,(H5,7,8,9,10,11,12). The minimum absolute atomic E-state index is 0.0541. The molecule has 0 bridgehead atoms. The van der Waals surface area contributed by atoms with Gasteiger partial charge in [-0.1, -0.05) is 6.92 Å². The molecule has 8 heteroatoms. The fourth-order valence-corrected chi connectivity index (χ4v) is 0.733. The third-order valence-electron chi connectivity index (χ3n) is 1.48. The van der Waals surface area contributed by atoms with Gasteiger partial charge in [-0.3, -0.25) is 0 Å². The van der Waals surface area contributed by atoms with Crippen molar-refractivity contribution >= 4 is 17.8 Å². The van der Waals surface area contributed by atoms with Crippen LogP contribution < -0.4 is 16.8 Å². The predicted octanol–water partition coefficient (Wildman–Crippen LogP) is -1.50. The Hall–Kier alpha value is -1.67. The van der Waals surface area contributed by atoms with Gasteiger partial charge in [0.05, 0.1) is 0 Å². The minimum Gasteiger partial charge on any atom is -0.368 e. The normalized spacial score (nSPS) is 11.4. The van der Waals surface area contributed by atoms with Crippen LogP contribution in [0.4, 0.5) is 17.8 Å². The van der Waals surface area contributed by atoms with Crippen LogP contribution in [0.1, 0.15) is 13.3 Å². The first kappa shape index (κ1) is 10.4. The molecule has 0 saturated heterocycles. The highest BCUT2D eigenvalue weighted by molar-refractivity contribution is 5.37. The number of nitrogens with zero attached hydrogens (tertiary/aromatic N) is 3. The van der Waals surface area contributed by atoms with Crippen molar-refractivity contribution in [2.45, 2.75) is 19.3 Å². The summed E-state index contributed by atoms with van der Waals surface area (Å²) in [6.45, 7) is 1.57. The monoisotopic (exact) mass is 200 g/mol. The molecule has 0 radical (unpaired) electrons. The van der Waals surface area contributed by atoms with Gasteiger partial charge in [-0.2, -0.15) is 15.0 Å². The fourth-order valence-electron chi connectivity index (χ4n) is 0.733. The molecule has 7 N–H and O–H groups in total. The molecule has 0 amide bonds. The first-order valence-electron chi connectivity index (χ1n) is 3.93.